The van der Waals surface area contributed by atoms with E-state index in [9.17, 15) is 4.79 Å². The van der Waals surface area contributed by atoms with E-state index in [1.165, 1.54) is 11.1 Å². The quantitative estimate of drug-likeness (QED) is 0.308. The molecule has 0 spiro atoms. The molecule has 0 radical (unpaired) electrons. The fourth-order valence-electron chi connectivity index (χ4n) is 3.20. The molecular formula is C23H26ClN3OS. The lowest BCUT2D eigenvalue weighted by molar-refractivity contribution is -0.105. The molecule has 0 fully saturated rings. The van der Waals surface area contributed by atoms with Crippen molar-refractivity contribution in [2.45, 2.75) is 37.5 Å². The maximum absolute atomic E-state index is 10.5. The zero-order chi connectivity index (χ0) is 20.3. The Kier molecular flexibility index (Phi) is 8.65. The third kappa shape index (κ3) is 7.59. The van der Waals surface area contributed by atoms with Crippen molar-refractivity contribution >= 4 is 35.5 Å². The first-order valence-corrected chi connectivity index (χ1v) is 11.3. The van der Waals surface area contributed by atoms with Crippen LogP contribution in [0.2, 0.25) is 5.02 Å². The highest BCUT2D eigenvalue weighted by Gasteiger charge is 2.11. The predicted octanol–water partition coefficient (Wildman–Crippen LogP) is 5.47. The van der Waals surface area contributed by atoms with Crippen molar-refractivity contribution < 1.29 is 4.79 Å². The molecule has 3 aromatic rings. The Morgan fingerprint density at radius 2 is 1.79 bits per heavy atom. The number of anilines is 1. The molecule has 0 bridgehead atoms. The maximum Gasteiger partial charge on any atom is 0.211 e. The number of aromatic nitrogens is 2. The number of hydrogen-bond acceptors (Lipinski definition) is 3. The second kappa shape index (κ2) is 11.7. The highest BCUT2D eigenvalue weighted by molar-refractivity contribution is 7.99. The van der Waals surface area contributed by atoms with Crippen LogP contribution >= 0.6 is 23.4 Å². The van der Waals surface area contributed by atoms with E-state index in [4.69, 9.17) is 11.6 Å². The molecule has 29 heavy (non-hydrogen) atoms. The standard InChI is InChI=1S/C23H26ClN3OS/c24-21-8-3-20(4-9-21)7-12-23(16-27-14-13-25-17-27)29-15-1-2-19-5-10-22(11-6-19)26-18-28/h3-6,8-11,13-14,17-18,23H,1-2,7,12,15-16H2,(H,26,28). The monoisotopic (exact) mass is 427 g/mol. The Morgan fingerprint density at radius 3 is 2.48 bits per heavy atom. The Labute approximate surface area is 181 Å². The molecule has 6 heteroatoms. The van der Waals surface area contributed by atoms with E-state index in [1.807, 2.05) is 54.7 Å². The van der Waals surface area contributed by atoms with E-state index in [0.29, 0.717) is 11.7 Å². The summed E-state index contributed by atoms with van der Waals surface area (Å²) in [6.07, 6.45) is 10.8. The minimum Gasteiger partial charge on any atom is -0.336 e. The van der Waals surface area contributed by atoms with Crippen molar-refractivity contribution in [1.82, 2.24) is 9.55 Å². The number of aryl methyl sites for hydroxylation is 2. The van der Waals surface area contributed by atoms with Crippen molar-refractivity contribution in [1.29, 1.82) is 0 Å². The van der Waals surface area contributed by atoms with Gasteiger partial charge in [0.15, 0.2) is 0 Å². The van der Waals surface area contributed by atoms with Crippen LogP contribution in [0.5, 0.6) is 0 Å². The maximum atomic E-state index is 10.5. The minimum atomic E-state index is 0.541. The number of thioether (sulfide) groups is 1. The van der Waals surface area contributed by atoms with Gasteiger partial charge >= 0.3 is 0 Å². The minimum absolute atomic E-state index is 0.541. The summed E-state index contributed by atoms with van der Waals surface area (Å²) in [6, 6.07) is 16.2. The van der Waals surface area contributed by atoms with Crippen molar-refractivity contribution in [3.63, 3.8) is 0 Å². The van der Waals surface area contributed by atoms with Gasteiger partial charge in [-0.2, -0.15) is 11.8 Å². The molecule has 1 heterocycles. The molecule has 1 aromatic heterocycles. The summed E-state index contributed by atoms with van der Waals surface area (Å²) in [5.41, 5.74) is 3.46. The first-order valence-electron chi connectivity index (χ1n) is 9.84. The average molecular weight is 428 g/mol. The predicted molar refractivity (Wildman–Crippen MR) is 123 cm³/mol. The lowest BCUT2D eigenvalue weighted by atomic mass is 10.1. The van der Waals surface area contributed by atoms with Crippen molar-refractivity contribution in [3.8, 4) is 0 Å². The molecular weight excluding hydrogens is 402 g/mol. The summed E-state index contributed by atoms with van der Waals surface area (Å²) in [5.74, 6) is 1.12. The first kappa shape index (κ1) is 21.5. The molecule has 1 N–H and O–H groups in total. The Hall–Kier alpha value is -2.24. The van der Waals surface area contributed by atoms with E-state index in [0.717, 1.165) is 48.7 Å². The first-order chi connectivity index (χ1) is 14.2. The van der Waals surface area contributed by atoms with Gasteiger partial charge in [0.25, 0.3) is 0 Å². The fraction of sp³-hybridized carbons (Fsp3) is 0.304. The molecule has 1 amide bonds. The van der Waals surface area contributed by atoms with Crippen LogP contribution in [-0.4, -0.2) is 27.0 Å². The number of hydrogen-bond donors (Lipinski definition) is 1. The van der Waals surface area contributed by atoms with Crippen molar-refractivity contribution in [2.24, 2.45) is 0 Å². The normalized spacial score (nSPS) is 11.9. The Balaban J connectivity index is 1.46. The molecule has 1 unspecified atom stereocenters. The van der Waals surface area contributed by atoms with Crippen LogP contribution in [0.4, 0.5) is 5.69 Å². The molecule has 152 valence electrons. The zero-order valence-corrected chi connectivity index (χ0v) is 17.9. The lowest BCUT2D eigenvalue weighted by Gasteiger charge is -2.17. The van der Waals surface area contributed by atoms with Gasteiger partial charge in [0.1, 0.15) is 0 Å². The van der Waals surface area contributed by atoms with Crippen LogP contribution in [0, 0.1) is 0 Å². The van der Waals surface area contributed by atoms with Crippen LogP contribution in [0.15, 0.2) is 67.3 Å². The van der Waals surface area contributed by atoms with Crippen LogP contribution in [-0.2, 0) is 24.2 Å². The largest absolute Gasteiger partial charge is 0.336 e. The number of halogens is 1. The number of amides is 1. The number of imidazole rings is 1. The molecule has 2 aromatic carbocycles. The number of carbonyl (C=O) groups is 1. The van der Waals surface area contributed by atoms with Gasteiger partial charge in [-0.15, -0.1) is 0 Å². The van der Waals surface area contributed by atoms with Crippen LogP contribution in [0.1, 0.15) is 24.0 Å². The van der Waals surface area contributed by atoms with E-state index >= 15 is 0 Å². The Bertz CT molecular complexity index is 851. The summed E-state index contributed by atoms with van der Waals surface area (Å²) in [6.45, 7) is 0.977. The molecule has 0 aliphatic heterocycles. The van der Waals surface area contributed by atoms with Crippen LogP contribution in [0.25, 0.3) is 0 Å². The average Bonchev–Trinajstić information content (AvgIpc) is 3.25. The topological polar surface area (TPSA) is 46.9 Å². The Morgan fingerprint density at radius 1 is 1.07 bits per heavy atom. The highest BCUT2D eigenvalue weighted by atomic mass is 35.5. The number of nitrogens with zero attached hydrogens (tertiary/aromatic N) is 2. The zero-order valence-electron chi connectivity index (χ0n) is 16.3. The van der Waals surface area contributed by atoms with Gasteiger partial charge in [-0.05, 0) is 66.8 Å². The summed E-state index contributed by atoms with van der Waals surface area (Å²) in [7, 11) is 0. The van der Waals surface area contributed by atoms with Crippen LogP contribution < -0.4 is 5.32 Å². The second-order valence-corrected chi connectivity index (χ2v) is 8.82. The van der Waals surface area contributed by atoms with E-state index in [1.54, 1.807) is 0 Å². The third-order valence-corrected chi connectivity index (χ3v) is 6.42. The van der Waals surface area contributed by atoms with E-state index in [-0.39, 0.29) is 0 Å². The van der Waals surface area contributed by atoms with Gasteiger partial charge in [0.2, 0.25) is 6.41 Å². The highest BCUT2D eigenvalue weighted by Crippen LogP contribution is 2.22. The molecule has 4 nitrogen and oxygen atoms in total. The van der Waals surface area contributed by atoms with Gasteiger partial charge < -0.3 is 9.88 Å². The third-order valence-electron chi connectivity index (χ3n) is 4.78. The number of rotatable bonds is 12. The van der Waals surface area contributed by atoms with Gasteiger partial charge in [-0.1, -0.05) is 35.9 Å². The fourth-order valence-corrected chi connectivity index (χ4v) is 4.53. The van der Waals surface area contributed by atoms with E-state index < -0.39 is 0 Å². The second-order valence-electron chi connectivity index (χ2n) is 6.98. The molecule has 3 rings (SSSR count). The lowest BCUT2D eigenvalue weighted by Crippen LogP contribution is -2.14. The van der Waals surface area contributed by atoms with Crippen LogP contribution in [0.3, 0.4) is 0 Å². The molecule has 0 aliphatic carbocycles. The van der Waals surface area contributed by atoms with Crippen molar-refractivity contribution in [3.05, 3.63) is 83.4 Å². The van der Waals surface area contributed by atoms with Gasteiger partial charge in [0, 0.05) is 34.9 Å². The number of nitrogens with one attached hydrogen (secondary N) is 1. The smallest absolute Gasteiger partial charge is 0.211 e. The van der Waals surface area contributed by atoms with Gasteiger partial charge in [-0.25, -0.2) is 4.98 Å². The summed E-state index contributed by atoms with van der Waals surface area (Å²) < 4.78 is 2.16. The number of benzene rings is 2. The number of carbonyl (C=O) groups excluding carboxylic acids is 1. The van der Waals surface area contributed by atoms with E-state index in [2.05, 4.69) is 39.1 Å². The van der Waals surface area contributed by atoms with Crippen molar-refractivity contribution in [2.75, 3.05) is 11.1 Å². The molecule has 1 atom stereocenters. The van der Waals surface area contributed by atoms with Gasteiger partial charge in [-0.3, -0.25) is 4.79 Å². The van der Waals surface area contributed by atoms with Gasteiger partial charge in [0.05, 0.1) is 6.33 Å². The summed E-state index contributed by atoms with van der Waals surface area (Å²) in [5, 5.41) is 4.00. The summed E-state index contributed by atoms with van der Waals surface area (Å²) >= 11 is 8.03. The summed E-state index contributed by atoms with van der Waals surface area (Å²) in [4.78, 5) is 14.7. The molecule has 0 saturated heterocycles. The molecule has 0 aliphatic rings. The SMILES string of the molecule is O=CNc1ccc(CCCSC(CCc2ccc(Cl)cc2)Cn2ccnc2)cc1. The molecule has 0 saturated carbocycles.